The highest BCUT2D eigenvalue weighted by Crippen LogP contribution is 2.26. The largest absolute Gasteiger partial charge is 0.369 e. The maximum atomic E-state index is 13.5. The van der Waals surface area contributed by atoms with Crippen LogP contribution in [0.4, 0.5) is 11.4 Å². The van der Waals surface area contributed by atoms with Gasteiger partial charge in [0.2, 0.25) is 0 Å². The van der Waals surface area contributed by atoms with Crippen LogP contribution in [-0.2, 0) is 33.7 Å². The highest BCUT2D eigenvalue weighted by atomic mass is 16.1. The van der Waals surface area contributed by atoms with Gasteiger partial charge in [0.25, 0.3) is 0 Å². The van der Waals surface area contributed by atoms with Crippen LogP contribution in [0.5, 0.6) is 0 Å². The monoisotopic (exact) mass is 951 g/mol. The molecular formula is C58H66N10O3. The number of pyridine rings is 6. The van der Waals surface area contributed by atoms with Crippen LogP contribution in [0.3, 0.4) is 0 Å². The van der Waals surface area contributed by atoms with Crippen molar-refractivity contribution < 1.29 is 4.79 Å². The molecule has 10 rings (SSSR count). The van der Waals surface area contributed by atoms with Gasteiger partial charge in [0.15, 0.2) is 10.9 Å². The molecule has 0 saturated carbocycles. The van der Waals surface area contributed by atoms with Gasteiger partial charge in [-0.05, 0) is 132 Å². The molecule has 2 aliphatic rings. The third-order valence-electron chi connectivity index (χ3n) is 13.4. The van der Waals surface area contributed by atoms with Crippen molar-refractivity contribution in [3.63, 3.8) is 0 Å². The summed E-state index contributed by atoms with van der Waals surface area (Å²) < 4.78 is 4.12. The first kappa shape index (κ1) is 50.1. The van der Waals surface area contributed by atoms with E-state index in [2.05, 4.69) is 68.8 Å². The quantitative estimate of drug-likeness (QED) is 0.125. The number of rotatable bonds is 11. The molecule has 0 radical (unpaired) electrons. The van der Waals surface area contributed by atoms with Crippen molar-refractivity contribution in [2.24, 2.45) is 14.1 Å². The molecule has 2 aromatic carbocycles. The number of carbonyl (C=O) groups is 1. The molecule has 6 aromatic heterocycles. The van der Waals surface area contributed by atoms with Crippen molar-refractivity contribution in [2.75, 3.05) is 36.0 Å². The zero-order chi connectivity index (χ0) is 49.9. The number of aryl methyl sites for hydroxylation is 6. The van der Waals surface area contributed by atoms with Crippen molar-refractivity contribution in [3.05, 3.63) is 200 Å². The van der Waals surface area contributed by atoms with E-state index in [0.717, 1.165) is 126 Å². The normalized spacial score (nSPS) is 15.8. The second-order valence-corrected chi connectivity index (χ2v) is 19.0. The summed E-state index contributed by atoms with van der Waals surface area (Å²) in [4.78, 5) is 61.0. The van der Waals surface area contributed by atoms with Gasteiger partial charge in [-0.2, -0.15) is 0 Å². The molecule has 2 aliphatic heterocycles. The fourth-order valence-electron chi connectivity index (χ4n) is 10.2. The molecule has 1 N–H and O–H groups in total. The van der Waals surface area contributed by atoms with Crippen molar-refractivity contribution in [2.45, 2.75) is 85.1 Å². The van der Waals surface area contributed by atoms with Crippen LogP contribution in [0.15, 0.2) is 144 Å². The molecule has 8 aromatic rings. The molecule has 0 unspecified atom stereocenters. The zero-order valence-electron chi connectivity index (χ0n) is 42.0. The average molecular weight is 951 g/mol. The second kappa shape index (κ2) is 23.5. The molecule has 13 heteroatoms. The van der Waals surface area contributed by atoms with Gasteiger partial charge >= 0.3 is 0 Å². The third kappa shape index (κ3) is 12.9. The van der Waals surface area contributed by atoms with E-state index in [1.807, 2.05) is 138 Å². The molecule has 0 amide bonds. The fraction of sp³-hybridized carbons (Fsp3) is 0.328. The molecule has 2 atom stereocenters. The highest BCUT2D eigenvalue weighted by Gasteiger charge is 2.27. The van der Waals surface area contributed by atoms with Gasteiger partial charge in [-0.3, -0.25) is 39.2 Å². The molecule has 0 bridgehead atoms. The van der Waals surface area contributed by atoms with Crippen LogP contribution in [0, 0.1) is 27.7 Å². The first-order chi connectivity index (χ1) is 34.4. The first-order valence-corrected chi connectivity index (χ1v) is 24.7. The van der Waals surface area contributed by atoms with E-state index in [1.165, 1.54) is 11.3 Å². The van der Waals surface area contributed by atoms with Crippen molar-refractivity contribution in [1.29, 1.82) is 0 Å². The summed E-state index contributed by atoms with van der Waals surface area (Å²) in [5.74, 6) is 0. The number of aromatic nitrogens is 6. The van der Waals surface area contributed by atoms with Gasteiger partial charge in [-0.25, -0.2) is 0 Å². The molecule has 366 valence electrons. The molecule has 13 nitrogen and oxygen atoms in total. The summed E-state index contributed by atoms with van der Waals surface area (Å²) in [6.45, 7) is 13.8. The van der Waals surface area contributed by atoms with E-state index >= 15 is 0 Å². The van der Waals surface area contributed by atoms with Crippen molar-refractivity contribution in [3.8, 4) is 0 Å². The topological polar surface area (TPSA) is 134 Å². The van der Waals surface area contributed by atoms with Crippen LogP contribution >= 0.6 is 0 Å². The van der Waals surface area contributed by atoms with Crippen LogP contribution < -0.4 is 26.0 Å². The minimum Gasteiger partial charge on any atom is -0.369 e. The maximum Gasteiger partial charge on any atom is 0.193 e. The predicted octanol–water partition coefficient (Wildman–Crippen LogP) is 8.82. The number of nitrogens with zero attached hydrogens (tertiary/aromatic N) is 9. The van der Waals surface area contributed by atoms with Gasteiger partial charge < -0.3 is 24.3 Å². The number of hydrogen-bond donors (Lipinski definition) is 1. The zero-order valence-corrected chi connectivity index (χ0v) is 42.0. The molecule has 0 aliphatic carbocycles. The Labute approximate surface area is 416 Å². The lowest BCUT2D eigenvalue weighted by atomic mass is 10.0. The van der Waals surface area contributed by atoms with Gasteiger partial charge in [0.05, 0.1) is 34.8 Å². The Morgan fingerprint density at radius 2 is 1.15 bits per heavy atom. The van der Waals surface area contributed by atoms with E-state index in [0.29, 0.717) is 30.7 Å². The Hall–Kier alpha value is -7.35. The van der Waals surface area contributed by atoms with Crippen LogP contribution in [-0.4, -0.2) is 78.5 Å². The lowest BCUT2D eigenvalue weighted by molar-refractivity contribution is 0.112. The summed E-state index contributed by atoms with van der Waals surface area (Å²) in [6, 6.07) is 32.4. The van der Waals surface area contributed by atoms with E-state index in [9.17, 15) is 14.4 Å². The van der Waals surface area contributed by atoms with Gasteiger partial charge in [-0.15, -0.1) is 0 Å². The fourth-order valence-corrected chi connectivity index (χ4v) is 10.2. The van der Waals surface area contributed by atoms with Crippen molar-refractivity contribution >= 4 is 39.5 Å². The molecule has 2 fully saturated rings. The number of hydrogen-bond acceptors (Lipinski definition) is 11. The number of carbonyl (C=O) groups excluding carboxylic acids is 1. The van der Waals surface area contributed by atoms with Crippen LogP contribution in [0.25, 0.3) is 21.8 Å². The summed E-state index contributed by atoms with van der Waals surface area (Å²) in [6.07, 6.45) is 16.8. The van der Waals surface area contributed by atoms with Crippen molar-refractivity contribution in [1.82, 2.24) is 39.3 Å². The maximum absolute atomic E-state index is 13.5. The first-order valence-electron chi connectivity index (χ1n) is 24.7. The number of para-hydroxylation sites is 2. The average Bonchev–Trinajstić information content (AvgIpc) is 3.39. The summed E-state index contributed by atoms with van der Waals surface area (Å²) >= 11 is 0. The Bertz CT molecular complexity index is 3150. The molecule has 71 heavy (non-hydrogen) atoms. The molecule has 0 spiro atoms. The van der Waals surface area contributed by atoms with Crippen LogP contribution in [0.1, 0.15) is 75.5 Å². The lowest BCUT2D eigenvalue weighted by Crippen LogP contribution is -2.48. The van der Waals surface area contributed by atoms with Gasteiger partial charge in [0.1, 0.15) is 6.29 Å². The SMILES string of the molecule is Cc1cc(C=O)cc(C)n1.Cc1cc(CN(Cc2cn(C)c3ccccc3c2=O)[C@H]2CCCN(c3cccnc3)C2)cc(C)n1.Cn1cc(CN[C@H]2CCCN(c3cccnc3)C2)c(=O)c2ccccc21. The Morgan fingerprint density at radius 1 is 0.634 bits per heavy atom. The lowest BCUT2D eigenvalue weighted by Gasteiger charge is -2.40. The number of fused-ring (bicyclic) bond motifs is 2. The predicted molar refractivity (Wildman–Crippen MR) is 286 cm³/mol. The highest BCUT2D eigenvalue weighted by molar-refractivity contribution is 5.80. The Morgan fingerprint density at radius 3 is 1.72 bits per heavy atom. The second-order valence-electron chi connectivity index (χ2n) is 19.0. The van der Waals surface area contributed by atoms with E-state index in [4.69, 9.17) is 0 Å². The number of piperidine rings is 2. The number of anilines is 2. The smallest absolute Gasteiger partial charge is 0.193 e. The number of benzene rings is 2. The van der Waals surface area contributed by atoms with Gasteiger partial charge in [-0.1, -0.05) is 24.3 Å². The Balaban J connectivity index is 0.000000164. The van der Waals surface area contributed by atoms with E-state index in [-0.39, 0.29) is 10.9 Å². The number of aldehydes is 1. The van der Waals surface area contributed by atoms with E-state index < -0.39 is 0 Å². The number of nitrogens with one attached hydrogen (secondary N) is 1. The minimum absolute atomic E-state index is 0.130. The molecule has 8 heterocycles. The summed E-state index contributed by atoms with van der Waals surface area (Å²) in [7, 11) is 4.02. The van der Waals surface area contributed by atoms with Gasteiger partial charge in [0, 0.05) is 147 Å². The minimum atomic E-state index is 0.130. The molecular weight excluding hydrogens is 885 g/mol. The summed E-state index contributed by atoms with van der Waals surface area (Å²) in [5.41, 5.74) is 12.0. The molecule has 2 saturated heterocycles. The van der Waals surface area contributed by atoms with E-state index in [1.54, 1.807) is 18.3 Å². The standard InChI is InChI=1S/C29H33N5O.C21H24N4O.C8H9NO/c1-21-14-23(15-22(2)31-21)17-34(26-9-7-13-33(20-26)25-8-6-12-30-16-25)19-24-18-32(3)28-11-5-4-10-27(28)29(24)35;1-24-14-16(21(26)19-8-2-3-9-20(19)24)12-23-17-6-5-11-25(15-17)18-7-4-10-22-13-18;1-6-3-8(5-10)4-7(2)9-6/h4-6,8,10-12,14-16,18,26H,7,9,13,17,19-20H2,1-3H3;2-4,7-10,13-14,17,23H,5-6,11-12,15H2,1H3;3-5H,1-2H3/t26-;17-;/m00./s1. The third-order valence-corrected chi connectivity index (χ3v) is 13.4. The Kier molecular flexibility index (Phi) is 16.6. The van der Waals surface area contributed by atoms with Crippen LogP contribution in [0.2, 0.25) is 0 Å². The summed E-state index contributed by atoms with van der Waals surface area (Å²) in [5, 5.41) is 5.16.